The summed E-state index contributed by atoms with van der Waals surface area (Å²) in [6.07, 6.45) is -4.47. The highest BCUT2D eigenvalue weighted by Gasteiger charge is 2.49. The molecule has 6 atom stereocenters. The number of aliphatic hydroxyl groups is 2. The van der Waals surface area contributed by atoms with Gasteiger partial charge in [-0.2, -0.15) is 0 Å². The zero-order valence-corrected chi connectivity index (χ0v) is 13.4. The Labute approximate surface area is 139 Å². The molecule has 0 bridgehead atoms. The standard InChI is InChI=1S/C16H21NO7/c1-8(18)17-12-13(19)14-11(23-15(12)20)7-22-16(24-14)9-3-5-10(21-2)6-4-9/h3-6,11-16,19-20H,7H2,1-2H3,(H,17,18)/t11-,12-,13-,14+,15+,16?/m1/s1. The van der Waals surface area contributed by atoms with Crippen LogP contribution in [0, 0.1) is 0 Å². The molecule has 2 fully saturated rings. The van der Waals surface area contributed by atoms with Crippen molar-refractivity contribution in [2.75, 3.05) is 13.7 Å². The first-order chi connectivity index (χ1) is 11.5. The number of ether oxygens (including phenoxy) is 4. The quantitative estimate of drug-likeness (QED) is 0.694. The van der Waals surface area contributed by atoms with E-state index in [0.29, 0.717) is 5.75 Å². The van der Waals surface area contributed by atoms with Crippen LogP contribution < -0.4 is 10.1 Å². The molecule has 132 valence electrons. The first-order valence-corrected chi connectivity index (χ1v) is 7.69. The van der Waals surface area contributed by atoms with Gasteiger partial charge in [0.25, 0.3) is 0 Å². The Kier molecular flexibility index (Phi) is 5.02. The van der Waals surface area contributed by atoms with E-state index >= 15 is 0 Å². The number of hydrogen-bond acceptors (Lipinski definition) is 7. The number of rotatable bonds is 3. The summed E-state index contributed by atoms with van der Waals surface area (Å²) in [4.78, 5) is 11.2. The topological polar surface area (TPSA) is 106 Å². The van der Waals surface area contributed by atoms with Crippen molar-refractivity contribution in [3.8, 4) is 5.75 Å². The van der Waals surface area contributed by atoms with Crippen LogP contribution in [0.3, 0.4) is 0 Å². The van der Waals surface area contributed by atoms with Crippen molar-refractivity contribution in [2.24, 2.45) is 0 Å². The summed E-state index contributed by atoms with van der Waals surface area (Å²) in [5.74, 6) is 0.334. The Balaban J connectivity index is 1.73. The lowest BCUT2D eigenvalue weighted by Gasteiger charge is -2.46. The number of benzene rings is 1. The van der Waals surface area contributed by atoms with Gasteiger partial charge in [-0.3, -0.25) is 4.79 Å². The molecule has 2 saturated heterocycles. The number of fused-ring (bicyclic) bond motifs is 1. The minimum absolute atomic E-state index is 0.155. The van der Waals surface area contributed by atoms with Gasteiger partial charge in [-0.1, -0.05) is 12.1 Å². The van der Waals surface area contributed by atoms with Gasteiger partial charge in [-0.25, -0.2) is 0 Å². The Morgan fingerprint density at radius 3 is 2.58 bits per heavy atom. The van der Waals surface area contributed by atoms with Gasteiger partial charge in [-0.05, 0) is 12.1 Å². The number of hydrogen-bond donors (Lipinski definition) is 3. The van der Waals surface area contributed by atoms with Crippen LogP contribution in [-0.4, -0.2) is 60.5 Å². The average Bonchev–Trinajstić information content (AvgIpc) is 2.58. The molecule has 3 N–H and O–H groups in total. The fraction of sp³-hybridized carbons (Fsp3) is 0.562. The maximum atomic E-state index is 11.2. The predicted molar refractivity (Wildman–Crippen MR) is 81.1 cm³/mol. The second-order valence-corrected chi connectivity index (χ2v) is 5.82. The molecule has 1 amide bonds. The van der Waals surface area contributed by atoms with Crippen LogP contribution in [0.4, 0.5) is 0 Å². The highest BCUT2D eigenvalue weighted by molar-refractivity contribution is 5.73. The molecule has 1 unspecified atom stereocenters. The van der Waals surface area contributed by atoms with Gasteiger partial charge in [0, 0.05) is 12.5 Å². The van der Waals surface area contributed by atoms with E-state index in [1.54, 1.807) is 31.4 Å². The van der Waals surface area contributed by atoms with E-state index in [1.807, 2.05) is 0 Å². The number of aliphatic hydroxyl groups excluding tert-OH is 2. The number of carbonyl (C=O) groups excluding carboxylic acids is 1. The lowest BCUT2D eigenvalue weighted by atomic mass is 9.96. The number of carbonyl (C=O) groups is 1. The molecule has 0 spiro atoms. The lowest BCUT2D eigenvalue weighted by molar-refractivity contribution is -0.337. The van der Waals surface area contributed by atoms with Crippen LogP contribution >= 0.6 is 0 Å². The van der Waals surface area contributed by atoms with Crippen molar-refractivity contribution in [3.05, 3.63) is 29.8 Å². The summed E-state index contributed by atoms with van der Waals surface area (Å²) in [6, 6.07) is 6.22. The number of methoxy groups -OCH3 is 1. The normalized spacial score (nSPS) is 35.8. The van der Waals surface area contributed by atoms with Crippen LogP contribution in [-0.2, 0) is 19.0 Å². The van der Waals surface area contributed by atoms with E-state index in [0.717, 1.165) is 5.56 Å². The van der Waals surface area contributed by atoms with Gasteiger partial charge < -0.3 is 34.5 Å². The van der Waals surface area contributed by atoms with Gasteiger partial charge >= 0.3 is 0 Å². The Hall–Kier alpha value is -1.71. The van der Waals surface area contributed by atoms with E-state index in [4.69, 9.17) is 18.9 Å². The van der Waals surface area contributed by atoms with Crippen molar-refractivity contribution in [1.82, 2.24) is 5.32 Å². The Morgan fingerprint density at radius 2 is 1.96 bits per heavy atom. The van der Waals surface area contributed by atoms with E-state index in [-0.39, 0.29) is 12.5 Å². The van der Waals surface area contributed by atoms with Crippen LogP contribution in [0.1, 0.15) is 18.8 Å². The summed E-state index contributed by atoms with van der Waals surface area (Å²) in [5.41, 5.74) is 0.767. The van der Waals surface area contributed by atoms with E-state index in [1.165, 1.54) is 6.92 Å². The third kappa shape index (κ3) is 3.38. The van der Waals surface area contributed by atoms with E-state index in [2.05, 4.69) is 5.32 Å². The van der Waals surface area contributed by atoms with Gasteiger partial charge in [0.1, 0.15) is 30.1 Å². The Bertz CT molecular complexity index is 578. The predicted octanol–water partition coefficient (Wildman–Crippen LogP) is -0.308. The number of amides is 1. The summed E-state index contributed by atoms with van der Waals surface area (Å²) in [7, 11) is 1.58. The molecular weight excluding hydrogens is 318 g/mol. The second-order valence-electron chi connectivity index (χ2n) is 5.82. The molecule has 24 heavy (non-hydrogen) atoms. The Morgan fingerprint density at radius 1 is 1.25 bits per heavy atom. The highest BCUT2D eigenvalue weighted by atomic mass is 16.7. The molecule has 2 heterocycles. The highest BCUT2D eigenvalue weighted by Crippen LogP contribution is 2.34. The second kappa shape index (κ2) is 7.04. The van der Waals surface area contributed by atoms with Gasteiger partial charge in [0.15, 0.2) is 12.6 Å². The first-order valence-electron chi connectivity index (χ1n) is 7.69. The molecule has 8 nitrogen and oxygen atoms in total. The number of nitrogens with one attached hydrogen (secondary N) is 1. The molecule has 2 aliphatic heterocycles. The molecule has 0 aromatic heterocycles. The van der Waals surface area contributed by atoms with Crippen LogP contribution in [0.2, 0.25) is 0 Å². The van der Waals surface area contributed by atoms with Gasteiger partial charge in [0.05, 0.1) is 13.7 Å². The molecule has 0 saturated carbocycles. The molecule has 3 rings (SSSR count). The lowest BCUT2D eigenvalue weighted by Crippen LogP contribution is -2.66. The van der Waals surface area contributed by atoms with Gasteiger partial charge in [0.2, 0.25) is 5.91 Å². The molecule has 2 aliphatic rings. The van der Waals surface area contributed by atoms with Crippen LogP contribution in [0.25, 0.3) is 0 Å². The third-order valence-corrected chi connectivity index (χ3v) is 4.14. The zero-order chi connectivity index (χ0) is 17.3. The SMILES string of the molecule is COc1ccc(C2OC[C@H]3O[C@H](O)[C@H](NC(C)=O)[C@@H](O)[C@H]3O2)cc1. The fourth-order valence-corrected chi connectivity index (χ4v) is 2.93. The summed E-state index contributed by atoms with van der Waals surface area (Å²) < 4.78 is 22.0. The maximum absolute atomic E-state index is 11.2. The summed E-state index contributed by atoms with van der Waals surface area (Å²) in [6.45, 7) is 1.46. The van der Waals surface area contributed by atoms with Crippen molar-refractivity contribution in [2.45, 2.75) is 43.9 Å². The summed E-state index contributed by atoms with van der Waals surface area (Å²) >= 11 is 0. The van der Waals surface area contributed by atoms with Crippen molar-refractivity contribution < 1.29 is 34.0 Å². The average molecular weight is 339 g/mol. The molecule has 0 radical (unpaired) electrons. The minimum Gasteiger partial charge on any atom is -0.497 e. The fourth-order valence-electron chi connectivity index (χ4n) is 2.93. The van der Waals surface area contributed by atoms with Crippen LogP contribution in [0.5, 0.6) is 5.75 Å². The van der Waals surface area contributed by atoms with Crippen molar-refractivity contribution >= 4 is 5.91 Å². The first kappa shape index (κ1) is 17.1. The summed E-state index contributed by atoms with van der Waals surface area (Å²) in [5, 5.41) is 22.9. The van der Waals surface area contributed by atoms with E-state index < -0.39 is 36.9 Å². The molecular formula is C16H21NO7. The largest absolute Gasteiger partial charge is 0.497 e. The van der Waals surface area contributed by atoms with Gasteiger partial charge in [-0.15, -0.1) is 0 Å². The van der Waals surface area contributed by atoms with Crippen molar-refractivity contribution in [1.29, 1.82) is 0 Å². The molecule has 1 aromatic rings. The monoisotopic (exact) mass is 339 g/mol. The minimum atomic E-state index is -1.32. The molecule has 8 heteroatoms. The third-order valence-electron chi connectivity index (χ3n) is 4.14. The van der Waals surface area contributed by atoms with E-state index in [9.17, 15) is 15.0 Å². The molecule has 0 aliphatic carbocycles. The van der Waals surface area contributed by atoms with Crippen molar-refractivity contribution in [3.63, 3.8) is 0 Å². The molecule has 1 aromatic carbocycles. The maximum Gasteiger partial charge on any atom is 0.217 e. The smallest absolute Gasteiger partial charge is 0.217 e. The zero-order valence-electron chi connectivity index (χ0n) is 13.4. The van der Waals surface area contributed by atoms with Crippen LogP contribution in [0.15, 0.2) is 24.3 Å².